The molecule has 1 aromatic carbocycles. The largest absolute Gasteiger partial charge is 0.478 e. The number of carbonyl (C=O) groups is 2. The zero-order chi connectivity index (χ0) is 14.3. The Morgan fingerprint density at radius 2 is 1.79 bits per heavy atom. The van der Waals surface area contributed by atoms with Gasteiger partial charge in [0.2, 0.25) is 0 Å². The van der Waals surface area contributed by atoms with Gasteiger partial charge in [0.25, 0.3) is 5.56 Å². The first-order chi connectivity index (χ1) is 8.84. The molecule has 5 nitrogen and oxygen atoms in total. The van der Waals surface area contributed by atoms with Gasteiger partial charge in [-0.05, 0) is 31.9 Å². The minimum Gasteiger partial charge on any atom is -0.478 e. The number of hydrogen-bond donors (Lipinski definition) is 2. The van der Waals surface area contributed by atoms with Crippen LogP contribution in [-0.2, 0) is 0 Å². The van der Waals surface area contributed by atoms with Gasteiger partial charge in [-0.15, -0.1) is 0 Å². The van der Waals surface area contributed by atoms with Crippen molar-refractivity contribution < 1.29 is 14.7 Å². The van der Waals surface area contributed by atoms with Crippen LogP contribution in [0.15, 0.2) is 16.9 Å². The van der Waals surface area contributed by atoms with Crippen molar-refractivity contribution >= 4 is 22.7 Å². The van der Waals surface area contributed by atoms with Crippen molar-refractivity contribution in [3.05, 3.63) is 44.7 Å². The Hall–Kier alpha value is -2.43. The minimum atomic E-state index is -1.27. The number of aromatic amines is 1. The summed E-state index contributed by atoms with van der Waals surface area (Å²) in [7, 11) is 0. The Kier molecular flexibility index (Phi) is 2.98. The number of Topliss-reactive ketones (excluding diaryl/α,β-unsaturated/α-hetero) is 1. The maximum Gasteiger partial charge on any atom is 0.337 e. The average Bonchev–Trinajstić information content (AvgIpc) is 2.32. The third-order valence-corrected chi connectivity index (χ3v) is 3.29. The Labute approximate surface area is 108 Å². The maximum atomic E-state index is 11.9. The van der Waals surface area contributed by atoms with Gasteiger partial charge < -0.3 is 10.1 Å². The fraction of sp³-hybridized carbons (Fsp3) is 0.214. The van der Waals surface area contributed by atoms with E-state index < -0.39 is 17.3 Å². The normalized spacial score (nSPS) is 10.7. The van der Waals surface area contributed by atoms with Gasteiger partial charge in [-0.25, -0.2) is 4.79 Å². The number of rotatable bonds is 2. The Balaban J connectivity index is 3.10. The maximum absolute atomic E-state index is 11.9. The number of carbonyl (C=O) groups excluding carboxylic acids is 1. The van der Waals surface area contributed by atoms with Crippen LogP contribution in [0.3, 0.4) is 0 Å². The van der Waals surface area contributed by atoms with Crippen molar-refractivity contribution in [2.24, 2.45) is 0 Å². The van der Waals surface area contributed by atoms with Crippen molar-refractivity contribution in [1.29, 1.82) is 0 Å². The molecule has 19 heavy (non-hydrogen) atoms. The number of carboxylic acids is 1. The molecule has 0 saturated heterocycles. The molecule has 98 valence electrons. The number of aryl methyl sites for hydroxylation is 2. The zero-order valence-corrected chi connectivity index (χ0v) is 10.8. The van der Waals surface area contributed by atoms with E-state index in [9.17, 15) is 19.5 Å². The predicted molar refractivity (Wildman–Crippen MR) is 71.0 cm³/mol. The fourth-order valence-corrected chi connectivity index (χ4v) is 2.17. The van der Waals surface area contributed by atoms with Crippen LogP contribution >= 0.6 is 0 Å². The van der Waals surface area contributed by atoms with Crippen LogP contribution in [0.2, 0.25) is 0 Å². The molecular weight excluding hydrogens is 246 g/mol. The second kappa shape index (κ2) is 4.35. The summed E-state index contributed by atoms with van der Waals surface area (Å²) in [6, 6.07) is 3.38. The second-order valence-electron chi connectivity index (χ2n) is 4.50. The average molecular weight is 259 g/mol. The van der Waals surface area contributed by atoms with E-state index in [1.165, 1.54) is 6.92 Å². The number of ketones is 1. The van der Waals surface area contributed by atoms with Crippen LogP contribution in [-0.4, -0.2) is 21.8 Å². The second-order valence-corrected chi connectivity index (χ2v) is 4.50. The molecule has 0 amide bonds. The van der Waals surface area contributed by atoms with Gasteiger partial charge in [-0.2, -0.15) is 0 Å². The van der Waals surface area contributed by atoms with Gasteiger partial charge in [-0.1, -0.05) is 12.1 Å². The molecule has 0 aliphatic heterocycles. The van der Waals surface area contributed by atoms with Gasteiger partial charge in [0.15, 0.2) is 5.78 Å². The number of nitrogens with one attached hydrogen (secondary N) is 1. The third-order valence-electron chi connectivity index (χ3n) is 3.29. The number of H-pyrrole nitrogens is 1. The van der Waals surface area contributed by atoms with Crippen LogP contribution in [0.4, 0.5) is 0 Å². The van der Waals surface area contributed by atoms with Crippen molar-refractivity contribution in [3.8, 4) is 0 Å². The van der Waals surface area contributed by atoms with Crippen LogP contribution in [0, 0.1) is 13.8 Å². The van der Waals surface area contributed by atoms with Crippen LogP contribution in [0.5, 0.6) is 0 Å². The number of benzene rings is 1. The van der Waals surface area contributed by atoms with E-state index in [2.05, 4.69) is 4.98 Å². The molecule has 5 heteroatoms. The lowest BCUT2D eigenvalue weighted by Gasteiger charge is -2.10. The fourth-order valence-electron chi connectivity index (χ4n) is 2.17. The Morgan fingerprint density at radius 3 is 2.32 bits per heavy atom. The van der Waals surface area contributed by atoms with Gasteiger partial charge >= 0.3 is 5.97 Å². The molecule has 1 heterocycles. The molecule has 2 aromatic rings. The molecule has 0 radical (unpaired) electrons. The van der Waals surface area contributed by atoms with E-state index in [1.807, 2.05) is 6.92 Å². The summed E-state index contributed by atoms with van der Waals surface area (Å²) in [6.45, 7) is 4.85. The minimum absolute atomic E-state index is 0.227. The highest BCUT2D eigenvalue weighted by molar-refractivity contribution is 6.12. The number of carboxylic acid groups (broad SMARTS) is 1. The quantitative estimate of drug-likeness (QED) is 0.808. The van der Waals surface area contributed by atoms with E-state index in [4.69, 9.17) is 0 Å². The molecule has 0 atom stereocenters. The lowest BCUT2D eigenvalue weighted by atomic mass is 9.97. The molecule has 2 N–H and O–H groups in total. The van der Waals surface area contributed by atoms with E-state index in [1.54, 1.807) is 19.1 Å². The number of aromatic nitrogens is 1. The first-order valence-electron chi connectivity index (χ1n) is 5.75. The van der Waals surface area contributed by atoms with E-state index in [0.29, 0.717) is 10.9 Å². The molecule has 2 rings (SSSR count). The van der Waals surface area contributed by atoms with E-state index in [0.717, 1.165) is 11.1 Å². The highest BCUT2D eigenvalue weighted by atomic mass is 16.4. The Morgan fingerprint density at radius 1 is 1.16 bits per heavy atom. The van der Waals surface area contributed by atoms with E-state index >= 15 is 0 Å². The van der Waals surface area contributed by atoms with E-state index in [-0.39, 0.29) is 11.1 Å². The van der Waals surface area contributed by atoms with Crippen molar-refractivity contribution in [1.82, 2.24) is 4.98 Å². The molecular formula is C14H13NO4. The molecule has 0 aliphatic rings. The van der Waals surface area contributed by atoms with Crippen LogP contribution in [0.25, 0.3) is 10.9 Å². The smallest absolute Gasteiger partial charge is 0.337 e. The molecule has 0 aliphatic carbocycles. The van der Waals surface area contributed by atoms with Crippen molar-refractivity contribution in [2.45, 2.75) is 20.8 Å². The summed E-state index contributed by atoms with van der Waals surface area (Å²) in [4.78, 5) is 37.4. The van der Waals surface area contributed by atoms with Gasteiger partial charge in [-0.3, -0.25) is 9.59 Å². The molecule has 1 aromatic heterocycles. The van der Waals surface area contributed by atoms with Crippen molar-refractivity contribution in [2.75, 3.05) is 0 Å². The number of fused-ring (bicyclic) bond motifs is 1. The lowest BCUT2D eigenvalue weighted by molar-refractivity contribution is 0.0694. The van der Waals surface area contributed by atoms with Crippen molar-refractivity contribution in [3.63, 3.8) is 0 Å². The monoisotopic (exact) mass is 259 g/mol. The molecule has 0 fully saturated rings. The third kappa shape index (κ3) is 1.93. The summed E-state index contributed by atoms with van der Waals surface area (Å²) >= 11 is 0. The van der Waals surface area contributed by atoms with Gasteiger partial charge in [0, 0.05) is 5.39 Å². The van der Waals surface area contributed by atoms with Gasteiger partial charge in [0.05, 0.1) is 16.6 Å². The summed E-state index contributed by atoms with van der Waals surface area (Å²) in [6.07, 6.45) is 0. The summed E-state index contributed by atoms with van der Waals surface area (Å²) in [5.74, 6) is -1.83. The molecule has 0 saturated carbocycles. The first-order valence-corrected chi connectivity index (χ1v) is 5.75. The van der Waals surface area contributed by atoms with Crippen LogP contribution < -0.4 is 5.56 Å². The first kappa shape index (κ1) is 13.0. The molecule has 0 bridgehead atoms. The summed E-state index contributed by atoms with van der Waals surface area (Å²) < 4.78 is 0. The topological polar surface area (TPSA) is 87.2 Å². The molecule has 0 unspecified atom stereocenters. The van der Waals surface area contributed by atoms with Gasteiger partial charge in [0.1, 0.15) is 0 Å². The predicted octanol–water partition coefficient (Wildman–Crippen LogP) is 2.05. The Bertz CT molecular complexity index is 771. The highest BCUT2D eigenvalue weighted by Gasteiger charge is 2.22. The number of pyridine rings is 1. The standard InChI is InChI=1S/C14H13NO4/c1-6-4-5-9-11(14(18)19)10(8(3)16)13(17)15-12(9)7(6)2/h4-5H,1-3H3,(H,15,17)(H,18,19). The highest BCUT2D eigenvalue weighted by Crippen LogP contribution is 2.23. The number of hydrogen-bond acceptors (Lipinski definition) is 3. The number of aromatic carboxylic acids is 1. The van der Waals surface area contributed by atoms with Crippen LogP contribution in [0.1, 0.15) is 38.8 Å². The molecule has 0 spiro atoms. The zero-order valence-electron chi connectivity index (χ0n) is 10.8. The summed E-state index contributed by atoms with van der Waals surface area (Å²) in [5.41, 5.74) is 1.01. The summed E-state index contributed by atoms with van der Waals surface area (Å²) in [5, 5.41) is 9.67. The SMILES string of the molecule is CC(=O)c1c(C(=O)O)c2ccc(C)c(C)c2[nH]c1=O. The lowest BCUT2D eigenvalue weighted by Crippen LogP contribution is -2.22.